The van der Waals surface area contributed by atoms with Gasteiger partial charge in [-0.3, -0.25) is 9.89 Å². The highest BCUT2D eigenvalue weighted by molar-refractivity contribution is 7.99. The first-order valence-corrected chi connectivity index (χ1v) is 9.50. The lowest BCUT2D eigenvalue weighted by Crippen LogP contribution is -2.43. The zero-order valence-electron chi connectivity index (χ0n) is 12.6. The number of halogens is 1. The Morgan fingerprint density at radius 3 is 2.81 bits per heavy atom. The van der Waals surface area contributed by atoms with Gasteiger partial charge in [0.2, 0.25) is 0 Å². The van der Waals surface area contributed by atoms with Gasteiger partial charge in [0.25, 0.3) is 0 Å². The fourth-order valence-electron chi connectivity index (χ4n) is 2.28. The van der Waals surface area contributed by atoms with Crippen molar-refractivity contribution in [2.75, 3.05) is 51.8 Å². The van der Waals surface area contributed by atoms with Gasteiger partial charge in [-0.05, 0) is 12.1 Å². The van der Waals surface area contributed by atoms with E-state index in [-0.39, 0.29) is 0 Å². The Kier molecular flexibility index (Phi) is 7.16. The average Bonchev–Trinajstić information content (AvgIpc) is 2.89. The molecule has 2 rings (SSSR count). The second kappa shape index (κ2) is 8.88. The Bertz CT molecular complexity index is 458. The number of hydrogen-bond donors (Lipinski definition) is 1. The van der Waals surface area contributed by atoms with E-state index < -0.39 is 0 Å². The van der Waals surface area contributed by atoms with Gasteiger partial charge in [-0.25, -0.2) is 0 Å². The molecule has 0 radical (unpaired) electrons. The smallest absolute Gasteiger partial charge is 0.193 e. The van der Waals surface area contributed by atoms with Gasteiger partial charge in [-0.1, -0.05) is 11.6 Å². The van der Waals surface area contributed by atoms with E-state index in [1.165, 1.54) is 29.5 Å². The molecular weight excluding hydrogens is 324 g/mol. The lowest BCUT2D eigenvalue weighted by molar-refractivity contribution is 0.305. The van der Waals surface area contributed by atoms with Gasteiger partial charge in [0.05, 0.1) is 10.9 Å². The minimum absolute atomic E-state index is 0.831. The first-order chi connectivity index (χ1) is 10.2. The lowest BCUT2D eigenvalue weighted by atomic mass is 10.4. The predicted octanol–water partition coefficient (Wildman–Crippen LogP) is 2.46. The molecule has 0 spiro atoms. The molecule has 0 bridgehead atoms. The fraction of sp³-hybridized carbons (Fsp3) is 0.643. The molecule has 1 aliphatic heterocycles. The van der Waals surface area contributed by atoms with Crippen LogP contribution in [-0.2, 0) is 6.54 Å². The Hall–Kier alpha value is -0.430. The summed E-state index contributed by atoms with van der Waals surface area (Å²) in [4.78, 5) is 10.2. The van der Waals surface area contributed by atoms with Gasteiger partial charge in [-0.2, -0.15) is 11.8 Å². The van der Waals surface area contributed by atoms with Gasteiger partial charge in [0.1, 0.15) is 0 Å². The van der Waals surface area contributed by atoms with E-state index in [9.17, 15) is 0 Å². The normalized spacial score (nSPS) is 17.0. The Labute approximate surface area is 140 Å². The fourth-order valence-corrected chi connectivity index (χ4v) is 4.40. The number of nitrogens with one attached hydrogen (secondary N) is 1. The number of thiophene rings is 1. The van der Waals surface area contributed by atoms with Crippen LogP contribution in [0.1, 0.15) is 4.88 Å². The van der Waals surface area contributed by atoms with E-state index in [1.807, 2.05) is 24.9 Å². The van der Waals surface area contributed by atoms with Gasteiger partial charge in [0, 0.05) is 56.7 Å². The van der Waals surface area contributed by atoms with Gasteiger partial charge in [0.15, 0.2) is 5.96 Å². The van der Waals surface area contributed by atoms with Crippen LogP contribution in [0.5, 0.6) is 0 Å². The van der Waals surface area contributed by atoms with E-state index in [0.717, 1.165) is 29.9 Å². The molecule has 0 aromatic carbocycles. The maximum Gasteiger partial charge on any atom is 0.193 e. The number of aliphatic imine (C=N–C) groups is 1. The van der Waals surface area contributed by atoms with Gasteiger partial charge >= 0.3 is 0 Å². The lowest BCUT2D eigenvalue weighted by Gasteiger charge is -2.27. The van der Waals surface area contributed by atoms with Crippen molar-refractivity contribution < 1.29 is 0 Å². The highest BCUT2D eigenvalue weighted by atomic mass is 35.5. The minimum atomic E-state index is 0.831. The van der Waals surface area contributed by atoms with E-state index in [1.54, 1.807) is 11.3 Å². The van der Waals surface area contributed by atoms with Gasteiger partial charge < -0.3 is 10.2 Å². The molecule has 0 atom stereocenters. The van der Waals surface area contributed by atoms with E-state index in [2.05, 4.69) is 33.2 Å². The van der Waals surface area contributed by atoms with Crippen molar-refractivity contribution in [1.82, 2.24) is 15.1 Å². The quantitative estimate of drug-likeness (QED) is 0.655. The van der Waals surface area contributed by atoms with E-state index in [4.69, 9.17) is 11.6 Å². The highest BCUT2D eigenvalue weighted by Crippen LogP contribution is 2.22. The third-order valence-corrected chi connectivity index (χ3v) is 5.57. The van der Waals surface area contributed by atoms with Crippen molar-refractivity contribution in [3.8, 4) is 0 Å². The molecule has 0 aliphatic carbocycles. The summed E-state index contributed by atoms with van der Waals surface area (Å²) in [6.45, 7) is 5.26. The summed E-state index contributed by atoms with van der Waals surface area (Å²) >= 11 is 9.64. The minimum Gasteiger partial charge on any atom is -0.355 e. The van der Waals surface area contributed by atoms with Crippen LogP contribution < -0.4 is 5.32 Å². The average molecular weight is 347 g/mol. The largest absolute Gasteiger partial charge is 0.355 e. The third-order valence-electron chi connectivity index (χ3n) is 3.41. The second-order valence-corrected chi connectivity index (χ2v) is 8.01. The Morgan fingerprint density at radius 1 is 1.43 bits per heavy atom. The molecule has 1 aliphatic rings. The summed E-state index contributed by atoms with van der Waals surface area (Å²) in [6, 6.07) is 4.02. The van der Waals surface area contributed by atoms with Crippen molar-refractivity contribution in [1.29, 1.82) is 0 Å². The monoisotopic (exact) mass is 346 g/mol. The summed E-state index contributed by atoms with van der Waals surface area (Å²) in [5.74, 6) is 3.45. The first kappa shape index (κ1) is 16.9. The zero-order chi connectivity index (χ0) is 15.1. The maximum atomic E-state index is 5.97. The van der Waals surface area contributed by atoms with Crippen molar-refractivity contribution >= 4 is 40.7 Å². The molecule has 1 aromatic heterocycles. The van der Waals surface area contributed by atoms with Crippen LogP contribution in [0.15, 0.2) is 17.1 Å². The van der Waals surface area contributed by atoms with Crippen LogP contribution in [0.2, 0.25) is 4.34 Å². The van der Waals surface area contributed by atoms with Crippen LogP contribution in [0, 0.1) is 0 Å². The number of guanidine groups is 1. The summed E-state index contributed by atoms with van der Waals surface area (Å²) in [6.07, 6.45) is 0. The van der Waals surface area contributed by atoms with Gasteiger partial charge in [-0.15, -0.1) is 11.3 Å². The molecule has 118 valence electrons. The molecule has 1 aromatic rings. The summed E-state index contributed by atoms with van der Waals surface area (Å²) < 4.78 is 0.837. The van der Waals surface area contributed by atoms with Crippen molar-refractivity contribution in [3.05, 3.63) is 21.3 Å². The molecule has 1 fully saturated rings. The molecule has 0 saturated carbocycles. The first-order valence-electron chi connectivity index (χ1n) is 7.15. The Balaban J connectivity index is 1.74. The Morgan fingerprint density at radius 2 is 2.19 bits per heavy atom. The molecule has 1 saturated heterocycles. The summed E-state index contributed by atoms with van der Waals surface area (Å²) in [5.41, 5.74) is 0. The van der Waals surface area contributed by atoms with Crippen LogP contribution in [0.25, 0.3) is 0 Å². The van der Waals surface area contributed by atoms with Crippen molar-refractivity contribution in [2.24, 2.45) is 4.99 Å². The molecule has 0 unspecified atom stereocenters. The van der Waals surface area contributed by atoms with Crippen LogP contribution in [0.4, 0.5) is 0 Å². The number of hydrogen-bond acceptors (Lipinski definition) is 4. The van der Waals surface area contributed by atoms with Crippen LogP contribution in [-0.4, -0.2) is 67.5 Å². The van der Waals surface area contributed by atoms with E-state index >= 15 is 0 Å². The molecule has 0 amide bonds. The number of nitrogens with zero attached hydrogens (tertiary/aromatic N) is 3. The van der Waals surface area contributed by atoms with E-state index in [0.29, 0.717) is 0 Å². The summed E-state index contributed by atoms with van der Waals surface area (Å²) in [7, 11) is 3.89. The molecular formula is C14H23ClN4S2. The van der Waals surface area contributed by atoms with Crippen molar-refractivity contribution in [2.45, 2.75) is 6.54 Å². The topological polar surface area (TPSA) is 30.9 Å². The zero-order valence-corrected chi connectivity index (χ0v) is 15.0. The molecule has 7 heteroatoms. The number of rotatable bonds is 5. The standard InChI is InChI=1S/C14H23ClN4S2/c1-16-14(17-5-6-19-7-9-20-10-8-19)18(2)11-12-3-4-13(15)21-12/h3-4H,5-11H2,1-2H3,(H,16,17). The SMILES string of the molecule is CN=C(NCCN1CCSCC1)N(C)Cc1ccc(Cl)s1. The highest BCUT2D eigenvalue weighted by Gasteiger charge is 2.11. The molecule has 21 heavy (non-hydrogen) atoms. The molecule has 4 nitrogen and oxygen atoms in total. The summed E-state index contributed by atoms with van der Waals surface area (Å²) in [5, 5.41) is 3.44. The predicted molar refractivity (Wildman–Crippen MR) is 95.9 cm³/mol. The molecule has 1 N–H and O–H groups in total. The molecule has 2 heterocycles. The van der Waals surface area contributed by atoms with Crippen LogP contribution in [0.3, 0.4) is 0 Å². The van der Waals surface area contributed by atoms with Crippen molar-refractivity contribution in [3.63, 3.8) is 0 Å². The number of thioether (sulfide) groups is 1. The maximum absolute atomic E-state index is 5.97. The second-order valence-electron chi connectivity index (χ2n) is 4.99. The third kappa shape index (κ3) is 5.70. The van der Waals surface area contributed by atoms with Crippen LogP contribution >= 0.6 is 34.7 Å².